The Bertz CT molecular complexity index is 378. The maximum Gasteiger partial charge on any atom is 0.251 e. The Morgan fingerprint density at radius 1 is 1.44 bits per heavy atom. The Hall–Kier alpha value is -1.75. The summed E-state index contributed by atoms with van der Waals surface area (Å²) in [5.41, 5.74) is 0.290. The number of nitrogens with one attached hydrogen (secondary N) is 1. The molecule has 1 amide bonds. The summed E-state index contributed by atoms with van der Waals surface area (Å²) in [5.74, 6) is -0.881. The molecule has 1 atom stereocenters. The Morgan fingerprint density at radius 2 is 2.12 bits per heavy atom. The van der Waals surface area contributed by atoms with Crippen molar-refractivity contribution in [2.75, 3.05) is 13.7 Å². The van der Waals surface area contributed by atoms with E-state index in [1.54, 1.807) is 7.11 Å². The van der Waals surface area contributed by atoms with Crippen molar-refractivity contribution in [1.29, 1.82) is 0 Å². The predicted octanol–water partition coefficient (Wildman–Crippen LogP) is 0.862. The Morgan fingerprint density at radius 3 is 2.69 bits per heavy atom. The number of amides is 1. The fourth-order valence-corrected chi connectivity index (χ4v) is 1.09. The number of carbonyl (C=O) groups excluding carboxylic acids is 1. The molecule has 0 saturated carbocycles. The van der Waals surface area contributed by atoms with Crippen molar-refractivity contribution in [3.8, 4) is 11.5 Å². The van der Waals surface area contributed by atoms with E-state index < -0.39 is 0 Å². The number of ether oxygens (including phenoxy) is 1. The zero-order chi connectivity index (χ0) is 12.1. The molecule has 0 aliphatic carbocycles. The minimum atomic E-state index is -0.320. The smallest absolute Gasteiger partial charge is 0.251 e. The predicted molar refractivity (Wildman–Crippen MR) is 58.6 cm³/mol. The van der Waals surface area contributed by atoms with Crippen LogP contribution in [0.15, 0.2) is 18.2 Å². The largest absolute Gasteiger partial charge is 0.504 e. The van der Waals surface area contributed by atoms with Crippen LogP contribution in [0.4, 0.5) is 0 Å². The van der Waals surface area contributed by atoms with E-state index in [-0.39, 0.29) is 23.5 Å². The summed E-state index contributed by atoms with van der Waals surface area (Å²) >= 11 is 0. The normalized spacial score (nSPS) is 12.1. The molecule has 16 heavy (non-hydrogen) atoms. The lowest BCUT2D eigenvalue weighted by atomic mass is 10.2. The van der Waals surface area contributed by atoms with E-state index in [0.29, 0.717) is 12.1 Å². The molecule has 1 unspecified atom stereocenters. The third-order valence-corrected chi connectivity index (χ3v) is 2.19. The maximum atomic E-state index is 11.6. The van der Waals surface area contributed by atoms with E-state index in [1.165, 1.54) is 18.2 Å². The lowest BCUT2D eigenvalue weighted by Gasteiger charge is -2.10. The van der Waals surface area contributed by atoms with Gasteiger partial charge in [0.2, 0.25) is 0 Å². The summed E-state index contributed by atoms with van der Waals surface area (Å²) in [4.78, 5) is 11.6. The number of hydrogen-bond donors (Lipinski definition) is 3. The van der Waals surface area contributed by atoms with Gasteiger partial charge in [0.15, 0.2) is 11.5 Å². The molecular formula is C11H15NO4. The Labute approximate surface area is 93.7 Å². The number of carbonyl (C=O) groups is 1. The first-order valence-corrected chi connectivity index (χ1v) is 4.87. The second-order valence-corrected chi connectivity index (χ2v) is 3.46. The molecule has 1 rings (SSSR count). The molecule has 5 heteroatoms. The van der Waals surface area contributed by atoms with Crippen molar-refractivity contribution in [1.82, 2.24) is 5.32 Å². The molecule has 5 nitrogen and oxygen atoms in total. The summed E-state index contributed by atoms with van der Waals surface area (Å²) < 4.78 is 4.98. The van der Waals surface area contributed by atoms with Gasteiger partial charge in [-0.2, -0.15) is 0 Å². The minimum absolute atomic E-state index is 0.0744. The van der Waals surface area contributed by atoms with Crippen LogP contribution in [0.1, 0.15) is 17.3 Å². The van der Waals surface area contributed by atoms with Crippen LogP contribution in [-0.2, 0) is 4.74 Å². The molecule has 0 aromatic heterocycles. The average Bonchev–Trinajstić information content (AvgIpc) is 2.29. The highest BCUT2D eigenvalue weighted by Gasteiger charge is 2.09. The molecule has 0 bridgehead atoms. The first-order chi connectivity index (χ1) is 7.54. The highest BCUT2D eigenvalue weighted by molar-refractivity contribution is 5.94. The summed E-state index contributed by atoms with van der Waals surface area (Å²) in [6.45, 7) is 2.21. The zero-order valence-corrected chi connectivity index (χ0v) is 9.23. The summed E-state index contributed by atoms with van der Waals surface area (Å²) in [6, 6.07) is 3.91. The Balaban J connectivity index is 2.63. The first kappa shape index (κ1) is 12.3. The van der Waals surface area contributed by atoms with Crippen LogP contribution in [0, 0.1) is 0 Å². The molecule has 0 saturated heterocycles. The molecule has 0 fully saturated rings. The van der Waals surface area contributed by atoms with Gasteiger partial charge in [-0.15, -0.1) is 0 Å². The number of methoxy groups -OCH3 is 1. The molecule has 0 heterocycles. The van der Waals surface area contributed by atoms with Gasteiger partial charge in [-0.3, -0.25) is 4.79 Å². The summed E-state index contributed by atoms with van der Waals surface area (Å²) in [7, 11) is 1.56. The van der Waals surface area contributed by atoms with Crippen molar-refractivity contribution in [2.45, 2.75) is 13.0 Å². The first-order valence-electron chi connectivity index (χ1n) is 4.87. The van der Waals surface area contributed by atoms with E-state index in [0.717, 1.165) is 0 Å². The van der Waals surface area contributed by atoms with Gasteiger partial charge in [0.05, 0.1) is 6.10 Å². The number of phenols is 2. The molecule has 0 radical (unpaired) electrons. The van der Waals surface area contributed by atoms with Gasteiger partial charge in [-0.25, -0.2) is 0 Å². The monoisotopic (exact) mass is 225 g/mol. The molecule has 1 aromatic carbocycles. The van der Waals surface area contributed by atoms with Crippen LogP contribution in [0.2, 0.25) is 0 Å². The van der Waals surface area contributed by atoms with E-state index in [4.69, 9.17) is 9.84 Å². The number of rotatable bonds is 4. The van der Waals surface area contributed by atoms with Gasteiger partial charge in [-0.1, -0.05) is 0 Å². The van der Waals surface area contributed by atoms with Crippen LogP contribution in [0.5, 0.6) is 11.5 Å². The van der Waals surface area contributed by atoms with Gasteiger partial charge in [0.1, 0.15) is 0 Å². The summed E-state index contributed by atoms with van der Waals surface area (Å²) in [6.07, 6.45) is -0.0744. The number of benzene rings is 1. The Kier molecular flexibility index (Phi) is 4.13. The van der Waals surface area contributed by atoms with E-state index in [9.17, 15) is 9.90 Å². The molecule has 88 valence electrons. The molecule has 3 N–H and O–H groups in total. The van der Waals surface area contributed by atoms with Gasteiger partial charge in [-0.05, 0) is 25.1 Å². The standard InChI is InChI=1S/C11H15NO4/c1-7(16-2)6-12-11(15)8-3-4-9(13)10(14)5-8/h3-5,7,13-14H,6H2,1-2H3,(H,12,15). The van der Waals surface area contributed by atoms with Crippen molar-refractivity contribution < 1.29 is 19.7 Å². The lowest BCUT2D eigenvalue weighted by Crippen LogP contribution is -2.31. The SMILES string of the molecule is COC(C)CNC(=O)c1ccc(O)c(O)c1. The molecule has 0 aliphatic heterocycles. The molecule has 0 aliphatic rings. The van der Waals surface area contributed by atoms with Crippen LogP contribution < -0.4 is 5.32 Å². The average molecular weight is 225 g/mol. The highest BCUT2D eigenvalue weighted by Crippen LogP contribution is 2.24. The fraction of sp³-hybridized carbons (Fsp3) is 0.364. The van der Waals surface area contributed by atoms with Crippen molar-refractivity contribution >= 4 is 5.91 Å². The van der Waals surface area contributed by atoms with Crippen LogP contribution in [-0.4, -0.2) is 35.9 Å². The van der Waals surface area contributed by atoms with Crippen molar-refractivity contribution in [2.24, 2.45) is 0 Å². The minimum Gasteiger partial charge on any atom is -0.504 e. The number of hydrogen-bond acceptors (Lipinski definition) is 4. The third-order valence-electron chi connectivity index (χ3n) is 2.19. The third kappa shape index (κ3) is 3.13. The van der Waals surface area contributed by atoms with Crippen LogP contribution in [0.25, 0.3) is 0 Å². The van der Waals surface area contributed by atoms with Crippen molar-refractivity contribution in [3.05, 3.63) is 23.8 Å². The molecule has 1 aromatic rings. The maximum absolute atomic E-state index is 11.6. The van der Waals surface area contributed by atoms with Crippen LogP contribution >= 0.6 is 0 Å². The van der Waals surface area contributed by atoms with E-state index in [2.05, 4.69) is 5.32 Å². The van der Waals surface area contributed by atoms with Gasteiger partial charge < -0.3 is 20.3 Å². The molecular weight excluding hydrogens is 210 g/mol. The summed E-state index contributed by atoms with van der Waals surface area (Å²) in [5, 5.41) is 20.9. The zero-order valence-electron chi connectivity index (χ0n) is 9.23. The number of aromatic hydroxyl groups is 2. The quantitative estimate of drug-likeness (QED) is 0.664. The lowest BCUT2D eigenvalue weighted by molar-refractivity contribution is 0.0870. The van der Waals surface area contributed by atoms with Gasteiger partial charge in [0.25, 0.3) is 5.91 Å². The topological polar surface area (TPSA) is 78.8 Å². The second kappa shape index (κ2) is 5.37. The van der Waals surface area contributed by atoms with Crippen LogP contribution in [0.3, 0.4) is 0 Å². The van der Waals surface area contributed by atoms with Crippen molar-refractivity contribution in [3.63, 3.8) is 0 Å². The van der Waals surface area contributed by atoms with Gasteiger partial charge >= 0.3 is 0 Å². The van der Waals surface area contributed by atoms with Gasteiger partial charge in [0, 0.05) is 19.2 Å². The molecule has 0 spiro atoms. The highest BCUT2D eigenvalue weighted by atomic mass is 16.5. The number of phenolic OH excluding ortho intramolecular Hbond substituents is 2. The van der Waals surface area contributed by atoms with E-state index in [1.807, 2.05) is 6.92 Å². The fourth-order valence-electron chi connectivity index (χ4n) is 1.09. The second-order valence-electron chi connectivity index (χ2n) is 3.46. The van der Waals surface area contributed by atoms with E-state index >= 15 is 0 Å².